The van der Waals surface area contributed by atoms with Crippen LogP contribution in [0.25, 0.3) is 0 Å². The zero-order valence-electron chi connectivity index (χ0n) is 13.0. The summed E-state index contributed by atoms with van der Waals surface area (Å²) in [5, 5.41) is 14.3. The molecule has 0 spiro atoms. The zero-order chi connectivity index (χ0) is 15.4. The molecule has 0 aromatic carbocycles. The summed E-state index contributed by atoms with van der Waals surface area (Å²) < 4.78 is 0. The molecule has 21 heavy (non-hydrogen) atoms. The first-order valence-corrected chi connectivity index (χ1v) is 9.26. The minimum atomic E-state index is -0.274. The van der Waals surface area contributed by atoms with Gasteiger partial charge in [-0.05, 0) is 57.4 Å². The number of nitrogens with two attached hydrogens (primary N) is 1. The molecule has 0 aromatic rings. The largest absolute Gasteiger partial charge is 0.392 e. The number of halogens is 2. The maximum Gasteiger partial charge on any atom is 0.0611 e. The third-order valence-corrected chi connectivity index (χ3v) is 6.59. The lowest BCUT2D eigenvalue weighted by Gasteiger charge is -2.41. The van der Waals surface area contributed by atoms with Crippen LogP contribution in [-0.4, -0.2) is 41.6 Å². The van der Waals surface area contributed by atoms with E-state index in [0.29, 0.717) is 11.8 Å². The van der Waals surface area contributed by atoms with Crippen LogP contribution in [0.15, 0.2) is 0 Å². The van der Waals surface area contributed by atoms with E-state index in [2.05, 4.69) is 5.32 Å². The molecule has 0 saturated heterocycles. The monoisotopic (exact) mass is 336 g/mol. The van der Waals surface area contributed by atoms with Crippen molar-refractivity contribution in [2.24, 2.45) is 23.5 Å². The molecule has 2 aliphatic carbocycles. The predicted molar refractivity (Wildman–Crippen MR) is 90.0 cm³/mol. The molecule has 0 radical (unpaired) electrons. The summed E-state index contributed by atoms with van der Waals surface area (Å²) >= 11 is 12.6. The van der Waals surface area contributed by atoms with Gasteiger partial charge in [-0.3, -0.25) is 0 Å². The van der Waals surface area contributed by atoms with Crippen molar-refractivity contribution in [2.45, 2.75) is 67.8 Å². The van der Waals surface area contributed by atoms with E-state index in [9.17, 15) is 5.11 Å². The second kappa shape index (κ2) is 8.35. The van der Waals surface area contributed by atoms with Crippen LogP contribution in [0, 0.1) is 17.8 Å². The second-order valence-electron chi connectivity index (χ2n) is 7.00. The summed E-state index contributed by atoms with van der Waals surface area (Å²) in [5.41, 5.74) is 6.09. The summed E-state index contributed by atoms with van der Waals surface area (Å²) in [6.07, 6.45) is 6.96. The highest BCUT2D eigenvalue weighted by Crippen LogP contribution is 2.39. The molecule has 0 aromatic heterocycles. The number of hydrogen-bond acceptors (Lipinski definition) is 3. The standard InChI is InChI=1S/C16H30Cl2N2O/c1-20-9-13(10-5-6-14(17)15(18)8-10)16(21)11-3-2-4-12(19)7-11/h10-16,20-21H,2-9,19H2,1H3/t10?,11?,12?,13-,14?,15?,16+/m1/s1. The molecule has 0 heterocycles. The third kappa shape index (κ3) is 4.71. The average molecular weight is 337 g/mol. The summed E-state index contributed by atoms with van der Waals surface area (Å²) in [4.78, 5) is 0. The highest BCUT2D eigenvalue weighted by molar-refractivity contribution is 6.30. The van der Waals surface area contributed by atoms with Gasteiger partial charge in [0.15, 0.2) is 0 Å². The topological polar surface area (TPSA) is 58.3 Å². The van der Waals surface area contributed by atoms with Gasteiger partial charge in [0.25, 0.3) is 0 Å². The Hall–Kier alpha value is 0.460. The SMILES string of the molecule is CNC[C@H](C1CCC(Cl)C(Cl)C1)[C@@H](O)C1CCCC(N)C1. The van der Waals surface area contributed by atoms with Crippen molar-refractivity contribution in [3.05, 3.63) is 0 Å². The van der Waals surface area contributed by atoms with E-state index in [0.717, 1.165) is 51.5 Å². The number of nitrogens with one attached hydrogen (secondary N) is 1. The number of aliphatic hydroxyl groups is 1. The Morgan fingerprint density at radius 2 is 1.86 bits per heavy atom. The van der Waals surface area contributed by atoms with Gasteiger partial charge in [-0.2, -0.15) is 0 Å². The molecule has 2 rings (SSSR count). The van der Waals surface area contributed by atoms with E-state index in [1.54, 1.807) is 0 Å². The minimum Gasteiger partial charge on any atom is -0.392 e. The van der Waals surface area contributed by atoms with Gasteiger partial charge >= 0.3 is 0 Å². The van der Waals surface area contributed by atoms with Gasteiger partial charge in [0, 0.05) is 23.9 Å². The highest BCUT2D eigenvalue weighted by Gasteiger charge is 2.38. The summed E-state index contributed by atoms with van der Waals surface area (Å²) in [6.45, 7) is 0.841. The molecule has 2 aliphatic rings. The fourth-order valence-corrected chi connectivity index (χ4v) is 4.81. The molecule has 2 fully saturated rings. The van der Waals surface area contributed by atoms with Crippen LogP contribution in [0.5, 0.6) is 0 Å². The lowest BCUT2D eigenvalue weighted by Crippen LogP contribution is -2.45. The van der Waals surface area contributed by atoms with Crippen molar-refractivity contribution < 1.29 is 5.11 Å². The van der Waals surface area contributed by atoms with E-state index in [1.165, 1.54) is 0 Å². The molecule has 5 unspecified atom stereocenters. The number of alkyl halides is 2. The smallest absolute Gasteiger partial charge is 0.0611 e. The summed E-state index contributed by atoms with van der Waals surface area (Å²) in [5.74, 6) is 1.06. The first-order valence-electron chi connectivity index (χ1n) is 8.39. The van der Waals surface area contributed by atoms with Crippen LogP contribution in [0.3, 0.4) is 0 Å². The van der Waals surface area contributed by atoms with Gasteiger partial charge in [-0.25, -0.2) is 0 Å². The highest BCUT2D eigenvalue weighted by atomic mass is 35.5. The van der Waals surface area contributed by atoms with Gasteiger partial charge < -0.3 is 16.2 Å². The molecular weight excluding hydrogens is 307 g/mol. The number of hydrogen-bond donors (Lipinski definition) is 3. The van der Waals surface area contributed by atoms with Crippen molar-refractivity contribution in [2.75, 3.05) is 13.6 Å². The number of rotatable bonds is 5. The van der Waals surface area contributed by atoms with Crippen LogP contribution in [-0.2, 0) is 0 Å². The molecule has 4 N–H and O–H groups in total. The molecule has 124 valence electrons. The van der Waals surface area contributed by atoms with Crippen molar-refractivity contribution in [3.8, 4) is 0 Å². The van der Waals surface area contributed by atoms with E-state index in [4.69, 9.17) is 28.9 Å². The van der Waals surface area contributed by atoms with Crippen LogP contribution in [0.2, 0.25) is 0 Å². The third-order valence-electron chi connectivity index (χ3n) is 5.46. The fourth-order valence-electron chi connectivity index (χ4n) is 4.23. The fraction of sp³-hybridized carbons (Fsp3) is 1.00. The van der Waals surface area contributed by atoms with E-state index < -0.39 is 0 Å². The Balaban J connectivity index is 1.99. The van der Waals surface area contributed by atoms with Gasteiger partial charge in [0.05, 0.1) is 11.5 Å². The normalized spacial score (nSPS) is 40.7. The zero-order valence-corrected chi connectivity index (χ0v) is 14.5. The molecule has 0 amide bonds. The Morgan fingerprint density at radius 3 is 2.48 bits per heavy atom. The van der Waals surface area contributed by atoms with Crippen LogP contribution in [0.4, 0.5) is 0 Å². The maximum atomic E-state index is 10.9. The summed E-state index contributed by atoms with van der Waals surface area (Å²) in [7, 11) is 1.96. The second-order valence-corrected chi connectivity index (χ2v) is 8.13. The van der Waals surface area contributed by atoms with Gasteiger partial charge in [0.2, 0.25) is 0 Å². The van der Waals surface area contributed by atoms with E-state index >= 15 is 0 Å². The lowest BCUT2D eigenvalue weighted by atomic mass is 9.71. The van der Waals surface area contributed by atoms with E-state index in [1.807, 2.05) is 7.05 Å². The Morgan fingerprint density at radius 1 is 1.10 bits per heavy atom. The molecule has 7 atom stereocenters. The molecule has 0 bridgehead atoms. The molecule has 2 saturated carbocycles. The molecular formula is C16H30Cl2N2O. The minimum absolute atomic E-state index is 0.0329. The van der Waals surface area contributed by atoms with E-state index in [-0.39, 0.29) is 28.8 Å². The van der Waals surface area contributed by atoms with Crippen LogP contribution >= 0.6 is 23.2 Å². The van der Waals surface area contributed by atoms with Crippen LogP contribution in [0.1, 0.15) is 44.9 Å². The van der Waals surface area contributed by atoms with Gasteiger partial charge in [-0.15, -0.1) is 23.2 Å². The van der Waals surface area contributed by atoms with Crippen molar-refractivity contribution >= 4 is 23.2 Å². The molecule has 3 nitrogen and oxygen atoms in total. The van der Waals surface area contributed by atoms with Gasteiger partial charge in [0.1, 0.15) is 0 Å². The first kappa shape index (κ1) is 17.8. The molecule has 5 heteroatoms. The summed E-state index contributed by atoms with van der Waals surface area (Å²) in [6, 6.07) is 0.257. The maximum absolute atomic E-state index is 10.9. The Kier molecular flexibility index (Phi) is 7.08. The van der Waals surface area contributed by atoms with Crippen LogP contribution < -0.4 is 11.1 Å². The van der Waals surface area contributed by atoms with Crippen molar-refractivity contribution in [1.82, 2.24) is 5.32 Å². The van der Waals surface area contributed by atoms with Crippen molar-refractivity contribution in [3.63, 3.8) is 0 Å². The quantitative estimate of drug-likeness (QED) is 0.676. The Labute approximate surface area is 138 Å². The lowest BCUT2D eigenvalue weighted by molar-refractivity contribution is -0.000239. The number of aliphatic hydroxyl groups excluding tert-OH is 1. The predicted octanol–water partition coefficient (Wildman–Crippen LogP) is 2.72. The molecule has 0 aliphatic heterocycles. The average Bonchev–Trinajstić information content (AvgIpc) is 2.47. The van der Waals surface area contributed by atoms with Crippen molar-refractivity contribution in [1.29, 1.82) is 0 Å². The Bertz CT molecular complexity index is 319. The van der Waals surface area contributed by atoms with Gasteiger partial charge in [-0.1, -0.05) is 6.42 Å². The first-order chi connectivity index (χ1) is 10.0.